The predicted molar refractivity (Wildman–Crippen MR) is 66.9 cm³/mol. The van der Waals surface area contributed by atoms with Gasteiger partial charge in [0, 0.05) is 6.54 Å². The third kappa shape index (κ3) is 5.78. The number of aliphatic hydroxyl groups is 1. The number of amides is 1. The monoisotopic (exact) mass is 258 g/mol. The van der Waals surface area contributed by atoms with Crippen molar-refractivity contribution in [1.29, 1.82) is 0 Å². The lowest BCUT2D eigenvalue weighted by atomic mass is 10.1. The van der Waals surface area contributed by atoms with Gasteiger partial charge in [0.2, 0.25) is 5.91 Å². The Hall–Kier alpha value is -0.950. The summed E-state index contributed by atoms with van der Waals surface area (Å²) in [7, 11) is 0. The molecule has 0 radical (unpaired) electrons. The Bertz CT molecular complexity index is 317. The number of rotatable bonds is 8. The van der Waals surface area contributed by atoms with E-state index in [1.165, 1.54) is 0 Å². The highest BCUT2D eigenvalue weighted by Gasteiger charge is 2.13. The van der Waals surface area contributed by atoms with Crippen LogP contribution < -0.4 is 11.1 Å². The van der Waals surface area contributed by atoms with Crippen LogP contribution in [0.3, 0.4) is 0 Å². The number of nitrogens with one attached hydrogen (secondary N) is 1. The standard InChI is InChI=1S/C11H18N2O3S/c12-10(7-9-1-6-17-8-9)11(15)13-2-4-16-5-3-14/h1,6,8,10,14H,2-5,7,12H2,(H,13,15). The van der Waals surface area contributed by atoms with E-state index in [0.717, 1.165) is 5.56 Å². The van der Waals surface area contributed by atoms with Crippen molar-refractivity contribution in [2.75, 3.05) is 26.4 Å². The van der Waals surface area contributed by atoms with Crippen molar-refractivity contribution in [3.8, 4) is 0 Å². The van der Waals surface area contributed by atoms with Crippen molar-refractivity contribution in [3.63, 3.8) is 0 Å². The summed E-state index contributed by atoms with van der Waals surface area (Å²) in [4.78, 5) is 11.6. The molecule has 0 saturated carbocycles. The third-order valence-electron chi connectivity index (χ3n) is 2.15. The van der Waals surface area contributed by atoms with Gasteiger partial charge in [-0.25, -0.2) is 0 Å². The van der Waals surface area contributed by atoms with E-state index in [-0.39, 0.29) is 19.1 Å². The van der Waals surface area contributed by atoms with E-state index in [0.29, 0.717) is 19.6 Å². The highest BCUT2D eigenvalue weighted by atomic mass is 32.1. The van der Waals surface area contributed by atoms with Crippen LogP contribution in [0.1, 0.15) is 5.56 Å². The maximum absolute atomic E-state index is 11.6. The molecule has 0 spiro atoms. The first-order valence-corrected chi connectivity index (χ1v) is 6.41. The summed E-state index contributed by atoms with van der Waals surface area (Å²) in [6.07, 6.45) is 0.548. The third-order valence-corrected chi connectivity index (χ3v) is 2.89. The summed E-state index contributed by atoms with van der Waals surface area (Å²) in [5.74, 6) is -0.177. The highest BCUT2D eigenvalue weighted by Crippen LogP contribution is 2.07. The molecule has 1 heterocycles. The molecular weight excluding hydrogens is 240 g/mol. The Balaban J connectivity index is 2.14. The quantitative estimate of drug-likeness (QED) is 0.561. The molecular formula is C11H18N2O3S. The summed E-state index contributed by atoms with van der Waals surface area (Å²) in [5.41, 5.74) is 6.84. The van der Waals surface area contributed by atoms with E-state index in [1.807, 2.05) is 16.8 Å². The molecule has 0 aromatic carbocycles. The summed E-state index contributed by atoms with van der Waals surface area (Å²) in [6.45, 7) is 1.08. The van der Waals surface area contributed by atoms with Crippen LogP contribution in [0.25, 0.3) is 0 Å². The molecule has 0 saturated heterocycles. The molecule has 0 aliphatic rings. The number of carbonyl (C=O) groups excluding carboxylic acids is 1. The van der Waals surface area contributed by atoms with Gasteiger partial charge in [0.1, 0.15) is 0 Å². The first-order valence-electron chi connectivity index (χ1n) is 5.47. The van der Waals surface area contributed by atoms with Crippen LogP contribution in [0.2, 0.25) is 0 Å². The number of hydrogen-bond donors (Lipinski definition) is 3. The number of nitrogens with two attached hydrogens (primary N) is 1. The zero-order chi connectivity index (χ0) is 12.5. The zero-order valence-electron chi connectivity index (χ0n) is 9.59. The smallest absolute Gasteiger partial charge is 0.237 e. The molecule has 0 bridgehead atoms. The average molecular weight is 258 g/mol. The summed E-state index contributed by atoms with van der Waals surface area (Å²) >= 11 is 1.59. The average Bonchev–Trinajstić information content (AvgIpc) is 2.81. The van der Waals surface area contributed by atoms with Gasteiger partial charge in [-0.3, -0.25) is 4.79 Å². The number of ether oxygens (including phenoxy) is 1. The molecule has 1 atom stereocenters. The second-order valence-corrected chi connectivity index (χ2v) is 4.35. The van der Waals surface area contributed by atoms with Gasteiger partial charge in [-0.2, -0.15) is 11.3 Å². The van der Waals surface area contributed by atoms with Gasteiger partial charge in [0.05, 0.1) is 25.9 Å². The van der Waals surface area contributed by atoms with Gasteiger partial charge in [-0.05, 0) is 28.8 Å². The topological polar surface area (TPSA) is 84.6 Å². The molecule has 1 rings (SSSR count). The largest absolute Gasteiger partial charge is 0.394 e. The van der Waals surface area contributed by atoms with Crippen molar-refractivity contribution in [2.24, 2.45) is 5.73 Å². The molecule has 5 nitrogen and oxygen atoms in total. The summed E-state index contributed by atoms with van der Waals surface area (Å²) in [5, 5.41) is 15.1. The normalized spacial score (nSPS) is 12.4. The SMILES string of the molecule is NC(Cc1ccsc1)C(=O)NCCOCCO. The molecule has 1 amide bonds. The second kappa shape index (κ2) is 8.19. The van der Waals surface area contributed by atoms with Crippen LogP contribution in [0.15, 0.2) is 16.8 Å². The van der Waals surface area contributed by atoms with Gasteiger partial charge >= 0.3 is 0 Å². The predicted octanol–water partition coefficient (Wildman–Crippen LogP) is -0.257. The van der Waals surface area contributed by atoms with Gasteiger partial charge in [0.15, 0.2) is 0 Å². The first kappa shape index (κ1) is 14.1. The molecule has 1 aromatic rings. The minimum Gasteiger partial charge on any atom is -0.394 e. The van der Waals surface area contributed by atoms with E-state index >= 15 is 0 Å². The van der Waals surface area contributed by atoms with Gasteiger partial charge in [0.25, 0.3) is 0 Å². The summed E-state index contributed by atoms with van der Waals surface area (Å²) in [6, 6.07) is 1.43. The van der Waals surface area contributed by atoms with Crippen molar-refractivity contribution in [1.82, 2.24) is 5.32 Å². The van der Waals surface area contributed by atoms with Gasteiger partial charge in [-0.1, -0.05) is 0 Å². The Morgan fingerprint density at radius 3 is 3.06 bits per heavy atom. The van der Waals surface area contributed by atoms with Gasteiger partial charge in [-0.15, -0.1) is 0 Å². The number of thiophene rings is 1. The Morgan fingerprint density at radius 1 is 1.59 bits per heavy atom. The number of carbonyl (C=O) groups is 1. The van der Waals surface area contributed by atoms with Crippen LogP contribution in [0, 0.1) is 0 Å². The molecule has 0 aliphatic heterocycles. The molecule has 1 unspecified atom stereocenters. The van der Waals surface area contributed by atoms with E-state index in [4.69, 9.17) is 15.6 Å². The molecule has 0 fully saturated rings. The van der Waals surface area contributed by atoms with Crippen LogP contribution in [0.4, 0.5) is 0 Å². The minimum atomic E-state index is -0.526. The lowest BCUT2D eigenvalue weighted by Gasteiger charge is -2.11. The Labute approximate surface area is 105 Å². The Kier molecular flexibility index (Phi) is 6.80. The Morgan fingerprint density at radius 2 is 2.41 bits per heavy atom. The van der Waals surface area contributed by atoms with Gasteiger partial charge < -0.3 is 20.9 Å². The zero-order valence-corrected chi connectivity index (χ0v) is 10.4. The molecule has 6 heteroatoms. The lowest BCUT2D eigenvalue weighted by molar-refractivity contribution is -0.122. The fourth-order valence-electron chi connectivity index (χ4n) is 1.30. The van der Waals surface area contributed by atoms with Crippen molar-refractivity contribution in [3.05, 3.63) is 22.4 Å². The molecule has 17 heavy (non-hydrogen) atoms. The van der Waals surface area contributed by atoms with E-state index in [1.54, 1.807) is 11.3 Å². The van der Waals surface area contributed by atoms with E-state index < -0.39 is 6.04 Å². The summed E-state index contributed by atoms with van der Waals surface area (Å²) < 4.78 is 5.01. The van der Waals surface area contributed by atoms with Crippen LogP contribution in [0.5, 0.6) is 0 Å². The number of hydrogen-bond acceptors (Lipinski definition) is 5. The van der Waals surface area contributed by atoms with E-state index in [2.05, 4.69) is 5.32 Å². The van der Waals surface area contributed by atoms with Crippen molar-refractivity contribution in [2.45, 2.75) is 12.5 Å². The maximum atomic E-state index is 11.6. The van der Waals surface area contributed by atoms with Crippen molar-refractivity contribution >= 4 is 17.2 Å². The molecule has 0 aliphatic carbocycles. The lowest BCUT2D eigenvalue weighted by Crippen LogP contribution is -2.43. The maximum Gasteiger partial charge on any atom is 0.237 e. The number of aliphatic hydroxyl groups excluding tert-OH is 1. The second-order valence-electron chi connectivity index (χ2n) is 3.57. The first-order chi connectivity index (χ1) is 8.24. The fourth-order valence-corrected chi connectivity index (χ4v) is 1.98. The van der Waals surface area contributed by atoms with Crippen LogP contribution in [-0.4, -0.2) is 43.4 Å². The highest BCUT2D eigenvalue weighted by molar-refractivity contribution is 7.07. The van der Waals surface area contributed by atoms with Crippen molar-refractivity contribution < 1.29 is 14.6 Å². The van der Waals surface area contributed by atoms with E-state index in [9.17, 15) is 4.79 Å². The van der Waals surface area contributed by atoms with Crippen LogP contribution in [-0.2, 0) is 16.0 Å². The van der Waals surface area contributed by atoms with Crippen LogP contribution >= 0.6 is 11.3 Å². The molecule has 4 N–H and O–H groups in total. The fraction of sp³-hybridized carbons (Fsp3) is 0.545. The molecule has 96 valence electrons. The molecule has 1 aromatic heterocycles. The minimum absolute atomic E-state index is 0.00832.